The van der Waals surface area contributed by atoms with Gasteiger partial charge in [-0.05, 0) is 62.0 Å². The number of carbonyl (C=O) groups is 1. The number of esters is 1. The Kier molecular flexibility index (Phi) is 22.8. The van der Waals surface area contributed by atoms with Gasteiger partial charge in [0.1, 0.15) is 24.2 Å². The number of rotatable bonds is 33. The third-order valence-corrected chi connectivity index (χ3v) is 10.6. The summed E-state index contributed by atoms with van der Waals surface area (Å²) in [4.78, 5) is 12.0. The number of hydrogen-bond donors (Lipinski definition) is 0. The summed E-state index contributed by atoms with van der Waals surface area (Å²) >= 11 is 0. The van der Waals surface area contributed by atoms with Gasteiger partial charge < -0.3 is 28.0 Å². The minimum atomic E-state index is -3.77. The molecule has 0 aliphatic carbocycles. The molecule has 3 aromatic rings. The third kappa shape index (κ3) is 20.9. The number of aromatic nitrogens is 2. The molecule has 0 radical (unpaired) electrons. The van der Waals surface area contributed by atoms with Crippen molar-refractivity contribution >= 4 is 16.1 Å². The summed E-state index contributed by atoms with van der Waals surface area (Å²) in [6.07, 6.45) is 20.4. The zero-order valence-electron chi connectivity index (χ0n) is 33.8. The van der Waals surface area contributed by atoms with Crippen LogP contribution in [0.5, 0.6) is 11.8 Å². The molecule has 1 aromatic carbocycles. The fourth-order valence-electron chi connectivity index (χ4n) is 6.17. The van der Waals surface area contributed by atoms with Gasteiger partial charge in [0.15, 0.2) is 6.10 Å². The van der Waals surface area contributed by atoms with Crippen LogP contribution in [0.3, 0.4) is 0 Å². The first kappa shape index (κ1) is 46.0. The summed E-state index contributed by atoms with van der Waals surface area (Å²) in [5, 5.41) is 8.02. The molecule has 2 unspecified atom stereocenters. The smallest absolute Gasteiger partial charge is 0.302 e. The van der Waals surface area contributed by atoms with Crippen LogP contribution in [0.25, 0.3) is 0 Å². The number of benzene rings is 1. The molecule has 0 N–H and O–H groups in total. The quantitative estimate of drug-likeness (QED) is 0.0328. The average molecular weight is 791 g/mol. The van der Waals surface area contributed by atoms with Crippen molar-refractivity contribution in [3.05, 3.63) is 53.5 Å². The van der Waals surface area contributed by atoms with E-state index in [2.05, 4.69) is 17.2 Å². The number of carbonyl (C=O) groups excluding carboxylic acids is 1. The molecule has 0 spiro atoms. The van der Waals surface area contributed by atoms with E-state index in [1.54, 1.807) is 37.3 Å². The van der Waals surface area contributed by atoms with Gasteiger partial charge in [0, 0.05) is 25.5 Å². The minimum Gasteiger partial charge on any atom is -0.471 e. The zero-order chi connectivity index (χ0) is 39.6. The van der Waals surface area contributed by atoms with E-state index < -0.39 is 28.3 Å². The molecular formula is C42H66N2O10S. The average Bonchev–Trinajstić information content (AvgIpc) is 3.79. The lowest BCUT2D eigenvalue weighted by Gasteiger charge is -2.20. The molecule has 13 heteroatoms. The van der Waals surface area contributed by atoms with Gasteiger partial charge in [0.2, 0.25) is 0 Å². The number of nitrogens with zero attached hydrogens (tertiary/aromatic N) is 2. The molecule has 0 saturated carbocycles. The normalized spacial score (nSPS) is 12.8. The maximum atomic E-state index is 12.4. The van der Waals surface area contributed by atoms with Gasteiger partial charge in [-0.25, -0.2) is 0 Å². The van der Waals surface area contributed by atoms with Crippen molar-refractivity contribution in [3.63, 3.8) is 0 Å². The summed E-state index contributed by atoms with van der Waals surface area (Å²) in [6, 6.07) is 10.1. The maximum absolute atomic E-state index is 12.4. The largest absolute Gasteiger partial charge is 0.471 e. The SMILES string of the molecule is CCCCCCCCCCCCCCCc1cc(OCC(COCC(CCCCCCOS(=O)(=O)c2ccc(C)cc2)OC(C)=O)Oc2cc(C)on2)no1. The van der Waals surface area contributed by atoms with Crippen LogP contribution in [0.4, 0.5) is 0 Å². The zero-order valence-corrected chi connectivity index (χ0v) is 34.6. The van der Waals surface area contributed by atoms with E-state index in [-0.39, 0.29) is 31.3 Å². The lowest BCUT2D eigenvalue weighted by Crippen LogP contribution is -2.32. The molecule has 3 rings (SSSR count). The first-order chi connectivity index (χ1) is 26.6. The fourth-order valence-corrected chi connectivity index (χ4v) is 7.12. The highest BCUT2D eigenvalue weighted by Crippen LogP contribution is 2.19. The van der Waals surface area contributed by atoms with Crippen LogP contribution in [-0.2, 0) is 35.0 Å². The molecule has 0 amide bonds. The number of ether oxygens (including phenoxy) is 4. The Morgan fingerprint density at radius 1 is 0.709 bits per heavy atom. The Bertz CT molecular complexity index is 1540. The van der Waals surface area contributed by atoms with Crippen molar-refractivity contribution in [2.24, 2.45) is 0 Å². The first-order valence-corrected chi connectivity index (χ1v) is 21.9. The third-order valence-electron chi connectivity index (χ3n) is 9.28. The van der Waals surface area contributed by atoms with Crippen molar-refractivity contribution in [1.29, 1.82) is 0 Å². The highest BCUT2D eigenvalue weighted by Gasteiger charge is 2.19. The molecule has 55 heavy (non-hydrogen) atoms. The van der Waals surface area contributed by atoms with E-state index in [0.29, 0.717) is 30.4 Å². The highest BCUT2D eigenvalue weighted by molar-refractivity contribution is 7.86. The van der Waals surface area contributed by atoms with E-state index >= 15 is 0 Å². The topological polar surface area (TPSA) is 149 Å². The van der Waals surface area contributed by atoms with Crippen molar-refractivity contribution < 1.29 is 45.4 Å². The summed E-state index contributed by atoms with van der Waals surface area (Å²) in [7, 11) is -3.77. The fraction of sp³-hybridized carbons (Fsp3) is 0.690. The monoisotopic (exact) mass is 790 g/mol. The van der Waals surface area contributed by atoms with E-state index in [0.717, 1.165) is 43.4 Å². The van der Waals surface area contributed by atoms with Crippen LogP contribution >= 0.6 is 0 Å². The number of unbranched alkanes of at least 4 members (excludes halogenated alkanes) is 15. The molecule has 310 valence electrons. The minimum absolute atomic E-state index is 0.107. The lowest BCUT2D eigenvalue weighted by molar-refractivity contribution is -0.150. The molecule has 2 aromatic heterocycles. The summed E-state index contributed by atoms with van der Waals surface area (Å²) < 4.78 is 64.1. The van der Waals surface area contributed by atoms with Crippen LogP contribution in [0, 0.1) is 13.8 Å². The van der Waals surface area contributed by atoms with Gasteiger partial charge in [-0.2, -0.15) is 8.42 Å². The van der Waals surface area contributed by atoms with Gasteiger partial charge in [-0.3, -0.25) is 8.98 Å². The van der Waals surface area contributed by atoms with Crippen LogP contribution < -0.4 is 9.47 Å². The Morgan fingerprint density at radius 2 is 1.31 bits per heavy atom. The van der Waals surface area contributed by atoms with Gasteiger partial charge in [0.25, 0.3) is 21.9 Å². The second-order valence-electron chi connectivity index (χ2n) is 14.5. The van der Waals surface area contributed by atoms with Crippen LogP contribution in [0.15, 0.2) is 50.3 Å². The molecule has 0 aliphatic heterocycles. The van der Waals surface area contributed by atoms with Crippen molar-refractivity contribution in [2.75, 3.05) is 26.4 Å². The van der Waals surface area contributed by atoms with Crippen LogP contribution in [0.1, 0.15) is 147 Å². The van der Waals surface area contributed by atoms with Crippen LogP contribution in [0.2, 0.25) is 0 Å². The second-order valence-corrected chi connectivity index (χ2v) is 16.1. The van der Waals surface area contributed by atoms with Crippen molar-refractivity contribution in [2.45, 2.75) is 167 Å². The second kappa shape index (κ2) is 27.2. The number of aryl methyl sites for hydroxylation is 3. The van der Waals surface area contributed by atoms with E-state index in [4.69, 9.17) is 32.2 Å². The Balaban J connectivity index is 1.33. The Morgan fingerprint density at radius 3 is 1.95 bits per heavy atom. The molecular weight excluding hydrogens is 725 g/mol. The molecule has 0 saturated heterocycles. The molecule has 0 fully saturated rings. The van der Waals surface area contributed by atoms with E-state index in [1.807, 2.05) is 13.0 Å². The van der Waals surface area contributed by atoms with E-state index in [9.17, 15) is 13.2 Å². The summed E-state index contributed by atoms with van der Waals surface area (Å²) in [5.74, 6) is 1.70. The van der Waals surface area contributed by atoms with Crippen LogP contribution in [-0.4, -0.2) is 63.3 Å². The van der Waals surface area contributed by atoms with Crippen molar-refractivity contribution in [1.82, 2.24) is 10.3 Å². The van der Waals surface area contributed by atoms with Crippen molar-refractivity contribution in [3.8, 4) is 11.8 Å². The molecule has 2 heterocycles. The Hall–Kier alpha value is -3.42. The summed E-state index contributed by atoms with van der Waals surface area (Å²) in [6.45, 7) is 7.85. The van der Waals surface area contributed by atoms with Gasteiger partial charge in [0.05, 0.1) is 24.7 Å². The van der Waals surface area contributed by atoms with Gasteiger partial charge >= 0.3 is 5.97 Å². The highest BCUT2D eigenvalue weighted by atomic mass is 32.2. The number of hydrogen-bond acceptors (Lipinski definition) is 12. The first-order valence-electron chi connectivity index (χ1n) is 20.5. The maximum Gasteiger partial charge on any atom is 0.302 e. The predicted molar refractivity (Wildman–Crippen MR) is 211 cm³/mol. The predicted octanol–water partition coefficient (Wildman–Crippen LogP) is 10.0. The standard InChI is InChI=1S/C42H66N2O10S/c1-5-6-7-8-9-10-11-12-13-14-15-16-19-22-37-30-41(43-54-37)49-33-39(52-42-29-35(3)53-44-42)32-48-31-38(51-36(4)45)23-20-17-18-21-28-50-55(46,47)40-26-24-34(2)25-27-40/h24-27,29-30,38-39H,5-23,28,31-33H2,1-4H3. The summed E-state index contributed by atoms with van der Waals surface area (Å²) in [5.41, 5.74) is 0.978. The van der Waals surface area contributed by atoms with Gasteiger partial charge in [-0.15, -0.1) is 0 Å². The molecule has 0 bridgehead atoms. The Labute approximate surface area is 329 Å². The van der Waals surface area contributed by atoms with Gasteiger partial charge in [-0.1, -0.05) is 115 Å². The van der Waals surface area contributed by atoms with E-state index in [1.165, 1.54) is 84.0 Å². The molecule has 0 aliphatic rings. The lowest BCUT2D eigenvalue weighted by atomic mass is 10.0. The molecule has 12 nitrogen and oxygen atoms in total. The molecule has 2 atom stereocenters.